The van der Waals surface area contributed by atoms with Gasteiger partial charge in [-0.05, 0) is 23.8 Å². The van der Waals surface area contributed by atoms with Gasteiger partial charge in [-0.1, -0.05) is 31.2 Å². The molecule has 0 aliphatic carbocycles. The van der Waals surface area contributed by atoms with Crippen LogP contribution in [0.5, 0.6) is 0 Å². The van der Waals surface area contributed by atoms with Gasteiger partial charge in [0, 0.05) is 23.7 Å². The average Bonchev–Trinajstić information content (AvgIpc) is 2.40. The number of nitrogens with zero attached hydrogens (tertiary/aromatic N) is 1. The molecule has 1 unspecified atom stereocenters. The van der Waals surface area contributed by atoms with Crippen LogP contribution in [0.4, 0.5) is 4.39 Å². The number of halogens is 1. The van der Waals surface area contributed by atoms with Crippen molar-refractivity contribution in [3.05, 3.63) is 65.7 Å². The minimum absolute atomic E-state index is 0.121. The fourth-order valence-electron chi connectivity index (χ4n) is 2.09. The van der Waals surface area contributed by atoms with Gasteiger partial charge in [-0.2, -0.15) is 0 Å². The highest BCUT2D eigenvalue weighted by atomic mass is 19.1. The molecule has 1 aromatic carbocycles. The smallest absolute Gasteiger partial charge is 0.127 e. The molecule has 0 bridgehead atoms. The summed E-state index contributed by atoms with van der Waals surface area (Å²) in [5.41, 5.74) is 0.718. The Hall–Kier alpha value is -1.74. The quantitative estimate of drug-likeness (QED) is 0.898. The zero-order valence-corrected chi connectivity index (χ0v) is 10.3. The zero-order valence-electron chi connectivity index (χ0n) is 10.3. The molecule has 0 fully saturated rings. The van der Waals surface area contributed by atoms with Crippen LogP contribution in [0, 0.1) is 5.82 Å². The number of aliphatic hydroxyl groups is 1. The van der Waals surface area contributed by atoms with Crippen molar-refractivity contribution in [2.24, 2.45) is 0 Å². The molecule has 0 amide bonds. The minimum Gasteiger partial charge on any atom is -0.395 e. The van der Waals surface area contributed by atoms with E-state index in [1.807, 2.05) is 25.1 Å². The molecule has 1 N–H and O–H groups in total. The van der Waals surface area contributed by atoms with Crippen LogP contribution in [-0.2, 0) is 11.8 Å². The van der Waals surface area contributed by atoms with Gasteiger partial charge < -0.3 is 5.11 Å². The van der Waals surface area contributed by atoms with E-state index in [2.05, 4.69) is 4.98 Å². The summed E-state index contributed by atoms with van der Waals surface area (Å²) in [4.78, 5) is 4.23. The second-order valence-corrected chi connectivity index (χ2v) is 4.70. The number of benzene rings is 1. The maximum Gasteiger partial charge on any atom is 0.127 e. The van der Waals surface area contributed by atoms with E-state index in [1.165, 1.54) is 6.07 Å². The van der Waals surface area contributed by atoms with Crippen LogP contribution >= 0.6 is 0 Å². The van der Waals surface area contributed by atoms with Gasteiger partial charge in [0.2, 0.25) is 0 Å². The maximum absolute atomic E-state index is 13.8. The first-order valence-corrected chi connectivity index (χ1v) is 5.91. The van der Waals surface area contributed by atoms with Gasteiger partial charge in [0.15, 0.2) is 0 Å². The molecule has 3 heteroatoms. The van der Waals surface area contributed by atoms with E-state index in [4.69, 9.17) is 0 Å². The minimum atomic E-state index is -0.653. The van der Waals surface area contributed by atoms with E-state index >= 15 is 0 Å². The van der Waals surface area contributed by atoms with Crippen LogP contribution in [0.15, 0.2) is 48.7 Å². The Morgan fingerprint density at radius 3 is 2.50 bits per heavy atom. The third-order valence-corrected chi connectivity index (χ3v) is 3.17. The van der Waals surface area contributed by atoms with Gasteiger partial charge >= 0.3 is 0 Å². The second kappa shape index (κ2) is 5.27. The third-order valence-electron chi connectivity index (χ3n) is 3.17. The predicted octanol–water partition coefficient (Wildman–Crippen LogP) is 2.71. The van der Waals surface area contributed by atoms with E-state index < -0.39 is 5.41 Å². The Labute approximate surface area is 106 Å². The number of aromatic nitrogens is 1. The standard InChI is InChI=1S/C15H16FNO/c1-15(11-18,10-12-6-4-5-9-17-12)13-7-2-3-8-14(13)16/h2-9,18H,10-11H2,1H3. The molecule has 1 aromatic heterocycles. The molecule has 0 spiro atoms. The van der Waals surface area contributed by atoms with Crippen molar-refractivity contribution in [3.8, 4) is 0 Å². The zero-order chi connectivity index (χ0) is 13.0. The Morgan fingerprint density at radius 2 is 1.89 bits per heavy atom. The topological polar surface area (TPSA) is 33.1 Å². The Balaban J connectivity index is 2.34. The molecule has 2 nitrogen and oxygen atoms in total. The third kappa shape index (κ3) is 2.57. The highest BCUT2D eigenvalue weighted by molar-refractivity contribution is 5.28. The van der Waals surface area contributed by atoms with E-state index in [1.54, 1.807) is 24.4 Å². The van der Waals surface area contributed by atoms with Gasteiger partial charge in [0.1, 0.15) is 5.82 Å². The molecular weight excluding hydrogens is 229 g/mol. The highest BCUT2D eigenvalue weighted by Crippen LogP contribution is 2.29. The lowest BCUT2D eigenvalue weighted by molar-refractivity contribution is 0.200. The van der Waals surface area contributed by atoms with Crippen LogP contribution in [0.1, 0.15) is 18.2 Å². The molecule has 2 rings (SSSR count). The van der Waals surface area contributed by atoms with Crippen molar-refractivity contribution in [1.29, 1.82) is 0 Å². The largest absolute Gasteiger partial charge is 0.395 e. The summed E-state index contributed by atoms with van der Waals surface area (Å²) in [6.07, 6.45) is 2.21. The van der Waals surface area contributed by atoms with Gasteiger partial charge in [-0.3, -0.25) is 4.98 Å². The Morgan fingerprint density at radius 1 is 1.17 bits per heavy atom. The molecule has 1 heterocycles. The van der Waals surface area contributed by atoms with Gasteiger partial charge in [0.25, 0.3) is 0 Å². The van der Waals surface area contributed by atoms with Gasteiger partial charge in [-0.25, -0.2) is 4.39 Å². The van der Waals surface area contributed by atoms with Crippen molar-refractivity contribution in [1.82, 2.24) is 4.98 Å². The Kier molecular flexibility index (Phi) is 3.72. The van der Waals surface area contributed by atoms with Crippen LogP contribution in [0.3, 0.4) is 0 Å². The molecule has 1 atom stereocenters. The fraction of sp³-hybridized carbons (Fsp3) is 0.267. The number of rotatable bonds is 4. The van der Waals surface area contributed by atoms with Crippen molar-refractivity contribution in [3.63, 3.8) is 0 Å². The summed E-state index contributed by atoms with van der Waals surface area (Å²) in [6, 6.07) is 12.2. The lowest BCUT2D eigenvalue weighted by Gasteiger charge is -2.28. The first-order valence-electron chi connectivity index (χ1n) is 5.91. The average molecular weight is 245 g/mol. The molecule has 2 aromatic rings. The van der Waals surface area contributed by atoms with E-state index in [9.17, 15) is 9.50 Å². The van der Waals surface area contributed by atoms with Crippen molar-refractivity contribution >= 4 is 0 Å². The molecule has 0 saturated heterocycles. The Bertz CT molecular complexity index is 515. The number of hydrogen-bond acceptors (Lipinski definition) is 2. The SMILES string of the molecule is CC(CO)(Cc1ccccn1)c1ccccc1F. The number of pyridine rings is 1. The van der Waals surface area contributed by atoms with Gasteiger partial charge in [-0.15, -0.1) is 0 Å². The van der Waals surface area contributed by atoms with Crippen molar-refractivity contribution < 1.29 is 9.50 Å². The normalized spacial score (nSPS) is 14.2. The molecule has 0 aliphatic heterocycles. The molecule has 94 valence electrons. The summed E-state index contributed by atoms with van der Waals surface area (Å²) >= 11 is 0. The molecular formula is C15H16FNO. The first kappa shape index (κ1) is 12.7. The van der Waals surface area contributed by atoms with Crippen molar-refractivity contribution in [2.75, 3.05) is 6.61 Å². The van der Waals surface area contributed by atoms with Crippen LogP contribution in [0.2, 0.25) is 0 Å². The molecule has 18 heavy (non-hydrogen) atoms. The maximum atomic E-state index is 13.8. The van der Waals surface area contributed by atoms with Crippen LogP contribution in [0.25, 0.3) is 0 Å². The fourth-order valence-corrected chi connectivity index (χ4v) is 2.09. The van der Waals surface area contributed by atoms with Crippen LogP contribution < -0.4 is 0 Å². The number of hydrogen-bond donors (Lipinski definition) is 1. The van der Waals surface area contributed by atoms with E-state index in [0.29, 0.717) is 12.0 Å². The lowest BCUT2D eigenvalue weighted by Crippen LogP contribution is -2.31. The lowest BCUT2D eigenvalue weighted by atomic mass is 9.79. The first-order chi connectivity index (χ1) is 8.65. The predicted molar refractivity (Wildman–Crippen MR) is 68.8 cm³/mol. The summed E-state index contributed by atoms with van der Waals surface area (Å²) in [5.74, 6) is -0.287. The highest BCUT2D eigenvalue weighted by Gasteiger charge is 2.29. The van der Waals surface area contributed by atoms with Gasteiger partial charge in [0.05, 0.1) is 6.61 Å². The van der Waals surface area contributed by atoms with E-state index in [0.717, 1.165) is 5.69 Å². The number of aliphatic hydroxyl groups excluding tert-OH is 1. The summed E-state index contributed by atoms with van der Waals surface area (Å²) < 4.78 is 13.8. The monoisotopic (exact) mass is 245 g/mol. The van der Waals surface area contributed by atoms with Crippen molar-refractivity contribution in [2.45, 2.75) is 18.8 Å². The molecule has 0 aliphatic rings. The molecule has 0 saturated carbocycles. The summed E-state index contributed by atoms with van der Waals surface area (Å²) in [5, 5.41) is 9.63. The summed E-state index contributed by atoms with van der Waals surface area (Å²) in [7, 11) is 0. The van der Waals surface area contributed by atoms with Crippen LogP contribution in [-0.4, -0.2) is 16.7 Å². The summed E-state index contributed by atoms with van der Waals surface area (Å²) in [6.45, 7) is 1.73. The van der Waals surface area contributed by atoms with E-state index in [-0.39, 0.29) is 12.4 Å². The second-order valence-electron chi connectivity index (χ2n) is 4.70. The molecule has 0 radical (unpaired) electrons.